The summed E-state index contributed by atoms with van der Waals surface area (Å²) in [6.45, 7) is 7.36. The minimum atomic E-state index is 0.356. The number of rotatable bonds is 5. The summed E-state index contributed by atoms with van der Waals surface area (Å²) in [4.78, 5) is 0. The van der Waals surface area contributed by atoms with Gasteiger partial charge in [-0.3, -0.25) is 0 Å². The summed E-state index contributed by atoms with van der Waals surface area (Å²) in [6.07, 6.45) is 8.72. The van der Waals surface area contributed by atoms with Crippen LogP contribution in [0.25, 0.3) is 0 Å². The fraction of sp³-hybridized carbons (Fsp3) is 0.857. The molecule has 0 heterocycles. The summed E-state index contributed by atoms with van der Waals surface area (Å²) >= 11 is 0. The summed E-state index contributed by atoms with van der Waals surface area (Å²) in [7, 11) is 0. The van der Waals surface area contributed by atoms with Crippen LogP contribution >= 0.6 is 0 Å². The first-order chi connectivity index (χ1) is 7.07. The van der Waals surface area contributed by atoms with Crippen LogP contribution in [-0.2, 0) is 0 Å². The summed E-state index contributed by atoms with van der Waals surface area (Å²) in [5.74, 6) is 0. The Morgan fingerprint density at radius 3 is 2.47 bits per heavy atom. The van der Waals surface area contributed by atoms with Crippen LogP contribution in [0.5, 0.6) is 0 Å². The molecule has 0 bridgehead atoms. The maximum Gasteiger partial charge on any atom is 0.0431 e. The van der Waals surface area contributed by atoms with Crippen molar-refractivity contribution in [2.24, 2.45) is 5.41 Å². The molecule has 1 N–H and O–H groups in total. The maximum absolute atomic E-state index is 8.74. The van der Waals surface area contributed by atoms with Gasteiger partial charge < -0.3 is 5.11 Å². The molecule has 0 saturated heterocycles. The number of hydrogen-bond donors (Lipinski definition) is 1. The van der Waals surface area contributed by atoms with E-state index in [-0.39, 0.29) is 0 Å². The third-order valence-corrected chi connectivity index (χ3v) is 3.96. The SMILES string of the molecule is CC1=C(C)C[C@](C)(CCCCCO)CC1. The first kappa shape index (κ1) is 12.8. The normalized spacial score (nSPS) is 27.2. The van der Waals surface area contributed by atoms with Gasteiger partial charge in [0, 0.05) is 6.61 Å². The zero-order valence-corrected chi connectivity index (χ0v) is 10.6. The van der Waals surface area contributed by atoms with Gasteiger partial charge in [0.2, 0.25) is 0 Å². The second kappa shape index (κ2) is 5.69. The smallest absolute Gasteiger partial charge is 0.0431 e. The van der Waals surface area contributed by atoms with E-state index in [4.69, 9.17) is 5.11 Å². The average Bonchev–Trinajstić information content (AvgIpc) is 2.20. The summed E-state index contributed by atoms with van der Waals surface area (Å²) in [5.41, 5.74) is 3.77. The van der Waals surface area contributed by atoms with Crippen molar-refractivity contribution in [3.8, 4) is 0 Å². The monoisotopic (exact) mass is 210 g/mol. The van der Waals surface area contributed by atoms with Crippen molar-refractivity contribution in [3.63, 3.8) is 0 Å². The van der Waals surface area contributed by atoms with Crippen LogP contribution in [0.1, 0.15) is 65.7 Å². The van der Waals surface area contributed by atoms with Gasteiger partial charge >= 0.3 is 0 Å². The van der Waals surface area contributed by atoms with E-state index >= 15 is 0 Å². The first-order valence-electron chi connectivity index (χ1n) is 6.33. The van der Waals surface area contributed by atoms with E-state index in [2.05, 4.69) is 20.8 Å². The number of aliphatic hydroxyl groups excluding tert-OH is 1. The van der Waals surface area contributed by atoms with Crippen molar-refractivity contribution in [1.29, 1.82) is 0 Å². The van der Waals surface area contributed by atoms with Crippen LogP contribution in [0.2, 0.25) is 0 Å². The Kier molecular flexibility index (Phi) is 4.85. The van der Waals surface area contributed by atoms with Crippen LogP contribution in [0.3, 0.4) is 0 Å². The number of aliphatic hydroxyl groups is 1. The molecule has 0 aliphatic heterocycles. The van der Waals surface area contributed by atoms with Crippen molar-refractivity contribution >= 4 is 0 Å². The number of allylic oxidation sites excluding steroid dienone is 2. The minimum Gasteiger partial charge on any atom is -0.396 e. The molecule has 15 heavy (non-hydrogen) atoms. The maximum atomic E-state index is 8.74. The van der Waals surface area contributed by atoms with Gasteiger partial charge in [-0.2, -0.15) is 0 Å². The summed E-state index contributed by atoms with van der Waals surface area (Å²) in [5, 5.41) is 8.74. The van der Waals surface area contributed by atoms with Crippen LogP contribution in [0, 0.1) is 5.41 Å². The lowest BCUT2D eigenvalue weighted by atomic mass is 9.71. The van der Waals surface area contributed by atoms with E-state index in [0.29, 0.717) is 12.0 Å². The molecule has 0 unspecified atom stereocenters. The van der Waals surface area contributed by atoms with Crippen molar-refractivity contribution in [2.75, 3.05) is 6.61 Å². The standard InChI is InChI=1S/C14H26O/c1-12-7-9-14(3,11-13(12)2)8-5-4-6-10-15/h15H,4-11H2,1-3H3/t14-/m1/s1. The van der Waals surface area contributed by atoms with Gasteiger partial charge in [0.25, 0.3) is 0 Å². The van der Waals surface area contributed by atoms with Crippen LogP contribution in [0.4, 0.5) is 0 Å². The Hall–Kier alpha value is -0.300. The molecule has 1 atom stereocenters. The molecule has 0 amide bonds. The Labute approximate surface area is 94.6 Å². The molecule has 1 rings (SSSR count). The average molecular weight is 210 g/mol. The highest BCUT2D eigenvalue weighted by molar-refractivity contribution is 5.15. The highest BCUT2D eigenvalue weighted by Gasteiger charge is 2.27. The van der Waals surface area contributed by atoms with Crippen LogP contribution in [0.15, 0.2) is 11.1 Å². The molecule has 0 fully saturated rings. The van der Waals surface area contributed by atoms with E-state index in [1.165, 1.54) is 38.5 Å². The molecule has 0 saturated carbocycles. The molecule has 0 aromatic carbocycles. The number of unbranched alkanes of at least 4 members (excludes halogenated alkanes) is 2. The first-order valence-corrected chi connectivity index (χ1v) is 6.33. The topological polar surface area (TPSA) is 20.2 Å². The van der Waals surface area contributed by atoms with Crippen LogP contribution < -0.4 is 0 Å². The fourth-order valence-electron chi connectivity index (χ4n) is 2.64. The lowest BCUT2D eigenvalue weighted by Gasteiger charge is -2.35. The van der Waals surface area contributed by atoms with Gasteiger partial charge in [-0.05, 0) is 51.4 Å². The quantitative estimate of drug-likeness (QED) is 0.536. The van der Waals surface area contributed by atoms with Gasteiger partial charge in [0.1, 0.15) is 0 Å². The molecule has 88 valence electrons. The molecule has 0 aromatic heterocycles. The molecule has 0 radical (unpaired) electrons. The molecule has 1 aliphatic rings. The van der Waals surface area contributed by atoms with Gasteiger partial charge in [-0.1, -0.05) is 30.9 Å². The molecule has 0 aromatic rings. The third kappa shape index (κ3) is 3.98. The Bertz CT molecular complexity index is 229. The second-order valence-corrected chi connectivity index (χ2v) is 5.58. The second-order valence-electron chi connectivity index (χ2n) is 5.58. The predicted molar refractivity (Wildman–Crippen MR) is 65.9 cm³/mol. The molecular weight excluding hydrogens is 184 g/mol. The Balaban J connectivity index is 2.34. The summed E-state index contributed by atoms with van der Waals surface area (Å²) in [6, 6.07) is 0. The zero-order valence-electron chi connectivity index (χ0n) is 10.6. The van der Waals surface area contributed by atoms with Gasteiger partial charge in [0.15, 0.2) is 0 Å². The zero-order chi connectivity index (χ0) is 11.3. The van der Waals surface area contributed by atoms with Gasteiger partial charge in [-0.25, -0.2) is 0 Å². The number of hydrogen-bond acceptors (Lipinski definition) is 1. The highest BCUT2D eigenvalue weighted by atomic mass is 16.2. The predicted octanol–water partition coefficient (Wildman–Crippen LogP) is 4.07. The Morgan fingerprint density at radius 2 is 1.87 bits per heavy atom. The van der Waals surface area contributed by atoms with E-state index < -0.39 is 0 Å². The molecule has 1 aliphatic carbocycles. The van der Waals surface area contributed by atoms with Crippen molar-refractivity contribution in [1.82, 2.24) is 0 Å². The van der Waals surface area contributed by atoms with E-state index in [9.17, 15) is 0 Å². The van der Waals surface area contributed by atoms with E-state index in [0.717, 1.165) is 6.42 Å². The largest absolute Gasteiger partial charge is 0.396 e. The minimum absolute atomic E-state index is 0.356. The van der Waals surface area contributed by atoms with E-state index in [1.54, 1.807) is 11.1 Å². The molecule has 1 nitrogen and oxygen atoms in total. The highest BCUT2D eigenvalue weighted by Crippen LogP contribution is 2.42. The fourth-order valence-corrected chi connectivity index (χ4v) is 2.64. The summed E-state index contributed by atoms with van der Waals surface area (Å²) < 4.78 is 0. The molecule has 0 spiro atoms. The van der Waals surface area contributed by atoms with Crippen molar-refractivity contribution in [3.05, 3.63) is 11.1 Å². The van der Waals surface area contributed by atoms with Crippen molar-refractivity contribution in [2.45, 2.75) is 65.7 Å². The Morgan fingerprint density at radius 1 is 1.13 bits per heavy atom. The molecule has 1 heteroatoms. The van der Waals surface area contributed by atoms with Crippen molar-refractivity contribution < 1.29 is 5.11 Å². The van der Waals surface area contributed by atoms with E-state index in [1.807, 2.05) is 0 Å². The van der Waals surface area contributed by atoms with Gasteiger partial charge in [0.05, 0.1) is 0 Å². The lowest BCUT2D eigenvalue weighted by molar-refractivity contribution is 0.236. The lowest BCUT2D eigenvalue weighted by Crippen LogP contribution is -2.21. The molecular formula is C14H26O. The third-order valence-electron chi connectivity index (χ3n) is 3.96. The van der Waals surface area contributed by atoms with Crippen LogP contribution in [-0.4, -0.2) is 11.7 Å². The van der Waals surface area contributed by atoms with Gasteiger partial charge in [-0.15, -0.1) is 0 Å².